The molecule has 2 heterocycles. The van der Waals surface area contributed by atoms with Crippen LogP contribution in [0.3, 0.4) is 0 Å². The van der Waals surface area contributed by atoms with Crippen molar-refractivity contribution in [2.24, 2.45) is 10.7 Å². The van der Waals surface area contributed by atoms with Gasteiger partial charge in [-0.3, -0.25) is 14.8 Å². The topological polar surface area (TPSA) is 69.4 Å². The monoisotopic (exact) mass is 388 g/mol. The second-order valence-corrected chi connectivity index (χ2v) is 7.52. The first-order valence-electron chi connectivity index (χ1n) is 10.7. The second-order valence-electron chi connectivity index (χ2n) is 7.52. The van der Waals surface area contributed by atoms with Crippen LogP contribution in [0.5, 0.6) is 0 Å². The maximum atomic E-state index is 5.98. The van der Waals surface area contributed by atoms with Gasteiger partial charge in [-0.2, -0.15) is 0 Å². The van der Waals surface area contributed by atoms with Gasteiger partial charge in [-0.15, -0.1) is 0 Å². The fourth-order valence-electron chi connectivity index (χ4n) is 3.76. The Hall–Kier alpha value is -1.83. The minimum atomic E-state index is 0.580. The van der Waals surface area contributed by atoms with E-state index in [1.807, 2.05) is 0 Å². The van der Waals surface area contributed by atoms with E-state index >= 15 is 0 Å². The van der Waals surface area contributed by atoms with E-state index in [1.165, 1.54) is 5.69 Å². The summed E-state index contributed by atoms with van der Waals surface area (Å²) < 4.78 is 5.36. The summed E-state index contributed by atoms with van der Waals surface area (Å²) >= 11 is 0. The largest absolute Gasteiger partial charge is 0.379 e. The quantitative estimate of drug-likeness (QED) is 0.371. The molecule has 7 heteroatoms. The average Bonchev–Trinajstić information content (AvgIpc) is 2.76. The fraction of sp³-hybridized carbons (Fsp3) is 0.667. The lowest BCUT2D eigenvalue weighted by Crippen LogP contribution is -2.47. The van der Waals surface area contributed by atoms with Crippen molar-refractivity contribution in [1.82, 2.24) is 15.1 Å². The molecule has 1 aromatic carbocycles. The lowest BCUT2D eigenvalue weighted by Gasteiger charge is -2.36. The SMILES string of the molecule is NC(=NCCCN1CCOCC1)NCCCN1CCN(c2ccccc2)CC1. The molecule has 0 bridgehead atoms. The smallest absolute Gasteiger partial charge is 0.188 e. The molecule has 0 saturated carbocycles. The van der Waals surface area contributed by atoms with Crippen molar-refractivity contribution >= 4 is 11.6 Å². The van der Waals surface area contributed by atoms with Gasteiger partial charge in [0.2, 0.25) is 0 Å². The summed E-state index contributed by atoms with van der Waals surface area (Å²) in [5.74, 6) is 0.580. The Labute approximate surface area is 169 Å². The lowest BCUT2D eigenvalue weighted by molar-refractivity contribution is 0.0377. The molecule has 156 valence electrons. The molecule has 3 N–H and O–H groups in total. The number of aliphatic imine (C=N–C) groups is 1. The van der Waals surface area contributed by atoms with Gasteiger partial charge in [0.25, 0.3) is 0 Å². The van der Waals surface area contributed by atoms with Crippen LogP contribution < -0.4 is 16.0 Å². The van der Waals surface area contributed by atoms with E-state index in [1.54, 1.807) is 0 Å². The Morgan fingerprint density at radius 2 is 1.61 bits per heavy atom. The summed E-state index contributed by atoms with van der Waals surface area (Å²) in [4.78, 5) is 11.9. The van der Waals surface area contributed by atoms with Crippen LogP contribution in [-0.4, -0.2) is 94.4 Å². The van der Waals surface area contributed by atoms with Crippen LogP contribution >= 0.6 is 0 Å². The van der Waals surface area contributed by atoms with E-state index in [0.29, 0.717) is 5.96 Å². The van der Waals surface area contributed by atoms with E-state index < -0.39 is 0 Å². The maximum absolute atomic E-state index is 5.98. The Morgan fingerprint density at radius 1 is 0.929 bits per heavy atom. The minimum Gasteiger partial charge on any atom is -0.379 e. The van der Waals surface area contributed by atoms with Crippen molar-refractivity contribution < 1.29 is 4.74 Å². The normalized spacial score (nSPS) is 19.7. The number of nitrogens with one attached hydrogen (secondary N) is 1. The summed E-state index contributed by atoms with van der Waals surface area (Å²) in [5.41, 5.74) is 7.31. The van der Waals surface area contributed by atoms with Crippen LogP contribution in [0, 0.1) is 0 Å². The lowest BCUT2D eigenvalue weighted by atomic mass is 10.2. The molecule has 3 rings (SSSR count). The maximum Gasteiger partial charge on any atom is 0.188 e. The number of ether oxygens (including phenoxy) is 1. The predicted molar refractivity (Wildman–Crippen MR) is 116 cm³/mol. The first kappa shape index (κ1) is 20.9. The standard InChI is InChI=1S/C21H36N6O/c22-21(24-9-5-11-26-16-18-28-19-17-26)23-8-4-10-25-12-14-27(15-13-25)20-6-2-1-3-7-20/h1-3,6-7H,4-5,8-19H2,(H3,22,23,24). The number of morpholine rings is 1. The number of piperazine rings is 1. The molecular weight excluding hydrogens is 352 g/mol. The third-order valence-electron chi connectivity index (χ3n) is 5.47. The molecule has 7 nitrogen and oxygen atoms in total. The Bertz CT molecular complexity index is 568. The van der Waals surface area contributed by atoms with Crippen LogP contribution in [0.4, 0.5) is 5.69 Å². The minimum absolute atomic E-state index is 0.580. The first-order chi connectivity index (χ1) is 13.8. The molecule has 0 radical (unpaired) electrons. The van der Waals surface area contributed by atoms with Gasteiger partial charge in [-0.25, -0.2) is 0 Å². The van der Waals surface area contributed by atoms with Crippen molar-refractivity contribution in [3.05, 3.63) is 30.3 Å². The molecule has 0 spiro atoms. The van der Waals surface area contributed by atoms with Gasteiger partial charge in [0.15, 0.2) is 5.96 Å². The summed E-state index contributed by atoms with van der Waals surface area (Å²) in [6.45, 7) is 12.1. The van der Waals surface area contributed by atoms with Crippen LogP contribution in [0.15, 0.2) is 35.3 Å². The molecule has 1 aromatic rings. The van der Waals surface area contributed by atoms with Crippen molar-refractivity contribution in [2.45, 2.75) is 12.8 Å². The molecule has 0 aliphatic carbocycles. The van der Waals surface area contributed by atoms with Crippen molar-refractivity contribution in [2.75, 3.05) is 83.6 Å². The number of nitrogens with two attached hydrogens (primary N) is 1. The number of benzene rings is 1. The summed E-state index contributed by atoms with van der Waals surface area (Å²) in [5, 5.41) is 3.25. The van der Waals surface area contributed by atoms with Gasteiger partial charge in [-0.05, 0) is 31.5 Å². The van der Waals surface area contributed by atoms with Crippen LogP contribution in [0.25, 0.3) is 0 Å². The van der Waals surface area contributed by atoms with E-state index in [4.69, 9.17) is 10.5 Å². The van der Waals surface area contributed by atoms with E-state index in [0.717, 1.165) is 91.5 Å². The first-order valence-corrected chi connectivity index (χ1v) is 10.7. The van der Waals surface area contributed by atoms with Gasteiger partial charge in [0, 0.05) is 64.6 Å². The van der Waals surface area contributed by atoms with Gasteiger partial charge in [-0.1, -0.05) is 18.2 Å². The highest BCUT2D eigenvalue weighted by Crippen LogP contribution is 2.15. The van der Waals surface area contributed by atoms with E-state index in [-0.39, 0.29) is 0 Å². The number of para-hydroxylation sites is 1. The highest BCUT2D eigenvalue weighted by atomic mass is 16.5. The Kier molecular flexibility index (Phi) is 8.87. The Balaban J connectivity index is 1.21. The van der Waals surface area contributed by atoms with Crippen molar-refractivity contribution in [1.29, 1.82) is 0 Å². The molecule has 2 saturated heterocycles. The molecule has 0 atom stereocenters. The van der Waals surface area contributed by atoms with E-state index in [2.05, 4.69) is 55.3 Å². The zero-order valence-corrected chi connectivity index (χ0v) is 17.1. The fourth-order valence-corrected chi connectivity index (χ4v) is 3.76. The second kappa shape index (κ2) is 11.9. The molecule has 2 fully saturated rings. The van der Waals surface area contributed by atoms with Gasteiger partial charge in [0.1, 0.15) is 0 Å². The molecule has 0 aromatic heterocycles. The molecule has 0 unspecified atom stereocenters. The number of hydrogen-bond donors (Lipinski definition) is 2. The number of guanidine groups is 1. The predicted octanol–water partition coefficient (Wildman–Crippen LogP) is 0.825. The average molecular weight is 389 g/mol. The Morgan fingerprint density at radius 3 is 2.36 bits per heavy atom. The van der Waals surface area contributed by atoms with E-state index in [9.17, 15) is 0 Å². The van der Waals surface area contributed by atoms with Crippen LogP contribution in [0.2, 0.25) is 0 Å². The molecular formula is C21H36N6O. The van der Waals surface area contributed by atoms with Crippen molar-refractivity contribution in [3.63, 3.8) is 0 Å². The molecule has 2 aliphatic heterocycles. The highest BCUT2D eigenvalue weighted by molar-refractivity contribution is 5.77. The summed E-state index contributed by atoms with van der Waals surface area (Å²) in [7, 11) is 0. The van der Waals surface area contributed by atoms with Gasteiger partial charge < -0.3 is 20.7 Å². The number of anilines is 1. The van der Waals surface area contributed by atoms with Gasteiger partial charge >= 0.3 is 0 Å². The third-order valence-corrected chi connectivity index (χ3v) is 5.47. The number of rotatable bonds is 9. The molecule has 0 amide bonds. The van der Waals surface area contributed by atoms with Gasteiger partial charge in [0.05, 0.1) is 13.2 Å². The van der Waals surface area contributed by atoms with Crippen molar-refractivity contribution in [3.8, 4) is 0 Å². The third kappa shape index (κ3) is 7.30. The molecule has 2 aliphatic rings. The molecule has 28 heavy (non-hydrogen) atoms. The summed E-state index contributed by atoms with van der Waals surface area (Å²) in [6.07, 6.45) is 2.14. The van der Waals surface area contributed by atoms with Crippen LogP contribution in [-0.2, 0) is 4.74 Å². The zero-order valence-electron chi connectivity index (χ0n) is 17.1. The highest BCUT2D eigenvalue weighted by Gasteiger charge is 2.16. The summed E-state index contributed by atoms with van der Waals surface area (Å²) in [6, 6.07) is 10.7. The number of nitrogens with zero attached hydrogens (tertiary/aromatic N) is 4. The zero-order chi connectivity index (χ0) is 19.4. The van der Waals surface area contributed by atoms with Crippen LogP contribution in [0.1, 0.15) is 12.8 Å². The number of hydrogen-bond acceptors (Lipinski definition) is 5.